The number of aliphatic hydroxyl groups is 3. The van der Waals surface area contributed by atoms with E-state index in [1.54, 1.807) is 0 Å². The molecule has 5 nitrogen and oxygen atoms in total. The topological polar surface area (TPSA) is 79.2 Å². The molecule has 14 heavy (non-hydrogen) atoms. The van der Waals surface area contributed by atoms with Crippen molar-refractivity contribution >= 4 is 0 Å². The van der Waals surface area contributed by atoms with Gasteiger partial charge in [-0.2, -0.15) is 0 Å². The molecule has 0 aromatic heterocycles. The van der Waals surface area contributed by atoms with Gasteiger partial charge in [-0.05, 0) is 13.8 Å². The Morgan fingerprint density at radius 3 is 2.00 bits per heavy atom. The lowest BCUT2D eigenvalue weighted by Crippen LogP contribution is -2.06. The molecule has 0 bridgehead atoms. The molecular formula is C9H21O5. The van der Waals surface area contributed by atoms with Crippen molar-refractivity contribution in [2.24, 2.45) is 0 Å². The lowest BCUT2D eigenvalue weighted by Gasteiger charge is -2.00. The maximum atomic E-state index is 8.24. The fourth-order valence-electron chi connectivity index (χ4n) is 0.387. The van der Waals surface area contributed by atoms with E-state index in [0.29, 0.717) is 26.4 Å². The van der Waals surface area contributed by atoms with E-state index in [0.717, 1.165) is 0 Å². The van der Waals surface area contributed by atoms with Crippen LogP contribution in [0.25, 0.3) is 0 Å². The molecular weight excluding hydrogens is 188 g/mol. The van der Waals surface area contributed by atoms with Crippen molar-refractivity contribution in [3.05, 3.63) is 6.92 Å². The first kappa shape index (κ1) is 16.2. The van der Waals surface area contributed by atoms with E-state index in [2.05, 4.69) is 6.92 Å². The number of hydrogen-bond donors (Lipinski definition) is 3. The molecule has 0 aliphatic rings. The standard InChI is InChI=1S/C6H13O3.C3H8O2/c1-2-8-5-6-9-4-3-7;1-3(5)2-4/h7H,1-6H2;3-5H,2H2,1H3. The summed E-state index contributed by atoms with van der Waals surface area (Å²) in [7, 11) is 0. The van der Waals surface area contributed by atoms with Crippen LogP contribution in [0, 0.1) is 6.92 Å². The highest BCUT2D eigenvalue weighted by Gasteiger charge is 1.84. The first-order chi connectivity index (χ1) is 6.68. The summed E-state index contributed by atoms with van der Waals surface area (Å²) in [4.78, 5) is 0. The van der Waals surface area contributed by atoms with Gasteiger partial charge in [0.2, 0.25) is 0 Å². The highest BCUT2D eigenvalue weighted by atomic mass is 16.5. The molecule has 0 aliphatic carbocycles. The molecule has 0 aliphatic heterocycles. The van der Waals surface area contributed by atoms with Crippen molar-refractivity contribution in [1.29, 1.82) is 0 Å². The first-order valence-electron chi connectivity index (χ1n) is 4.53. The number of hydrogen-bond acceptors (Lipinski definition) is 5. The molecule has 0 aromatic carbocycles. The third kappa shape index (κ3) is 22.6. The molecule has 1 unspecified atom stereocenters. The highest BCUT2D eigenvalue weighted by molar-refractivity contribution is 4.34. The van der Waals surface area contributed by atoms with E-state index in [9.17, 15) is 0 Å². The van der Waals surface area contributed by atoms with Crippen LogP contribution in [-0.2, 0) is 9.47 Å². The van der Waals surface area contributed by atoms with Crippen LogP contribution in [0.2, 0.25) is 0 Å². The first-order valence-corrected chi connectivity index (χ1v) is 4.53. The number of aliphatic hydroxyl groups excluding tert-OH is 3. The van der Waals surface area contributed by atoms with Gasteiger partial charge in [-0.3, -0.25) is 0 Å². The molecule has 1 radical (unpaired) electrons. The summed E-state index contributed by atoms with van der Waals surface area (Å²) >= 11 is 0. The predicted octanol–water partition coefficient (Wildman–Crippen LogP) is -0.795. The monoisotopic (exact) mass is 209 g/mol. The fraction of sp³-hybridized carbons (Fsp3) is 0.889. The molecule has 3 N–H and O–H groups in total. The number of ether oxygens (including phenoxy) is 2. The predicted molar refractivity (Wildman–Crippen MR) is 52.8 cm³/mol. The summed E-state index contributed by atoms with van der Waals surface area (Å²) in [6.45, 7) is 6.90. The highest BCUT2D eigenvalue weighted by Crippen LogP contribution is 1.75. The van der Waals surface area contributed by atoms with Crippen LogP contribution in [0.15, 0.2) is 0 Å². The van der Waals surface area contributed by atoms with Gasteiger partial charge in [0.1, 0.15) is 0 Å². The van der Waals surface area contributed by atoms with E-state index in [1.807, 2.05) is 0 Å². The van der Waals surface area contributed by atoms with Gasteiger partial charge in [0.25, 0.3) is 0 Å². The average Bonchev–Trinajstić information content (AvgIpc) is 2.19. The van der Waals surface area contributed by atoms with E-state index in [4.69, 9.17) is 24.8 Å². The van der Waals surface area contributed by atoms with Crippen LogP contribution in [0.3, 0.4) is 0 Å². The van der Waals surface area contributed by atoms with Gasteiger partial charge in [-0.1, -0.05) is 0 Å². The van der Waals surface area contributed by atoms with Crippen molar-refractivity contribution in [1.82, 2.24) is 0 Å². The number of rotatable bonds is 7. The normalized spacial score (nSPS) is 11.8. The van der Waals surface area contributed by atoms with E-state index in [-0.39, 0.29) is 13.2 Å². The Balaban J connectivity index is 0. The van der Waals surface area contributed by atoms with Gasteiger partial charge in [-0.15, -0.1) is 0 Å². The average molecular weight is 209 g/mol. The summed E-state index contributed by atoms with van der Waals surface area (Å²) < 4.78 is 9.74. The lowest BCUT2D eigenvalue weighted by atomic mass is 10.5. The minimum absolute atomic E-state index is 0.0738. The van der Waals surface area contributed by atoms with Gasteiger partial charge >= 0.3 is 0 Å². The smallest absolute Gasteiger partial charge is 0.0742 e. The van der Waals surface area contributed by atoms with Crippen LogP contribution in [0.4, 0.5) is 0 Å². The zero-order valence-corrected chi connectivity index (χ0v) is 8.69. The third-order valence-corrected chi connectivity index (χ3v) is 1.02. The van der Waals surface area contributed by atoms with E-state index < -0.39 is 6.10 Å². The van der Waals surface area contributed by atoms with Gasteiger partial charge in [0, 0.05) is 6.61 Å². The fourth-order valence-corrected chi connectivity index (χ4v) is 0.387. The Kier molecular flexibility index (Phi) is 17.7. The summed E-state index contributed by atoms with van der Waals surface area (Å²) in [5.74, 6) is 0. The molecule has 0 aromatic rings. The molecule has 0 saturated carbocycles. The molecule has 0 saturated heterocycles. The minimum atomic E-state index is -0.560. The largest absolute Gasteiger partial charge is 0.394 e. The van der Waals surface area contributed by atoms with Crippen LogP contribution in [0.5, 0.6) is 0 Å². The summed E-state index contributed by atoms with van der Waals surface area (Å²) in [6, 6.07) is 0. The molecule has 0 heterocycles. The lowest BCUT2D eigenvalue weighted by molar-refractivity contribution is 0.0408. The molecule has 0 amide bonds. The van der Waals surface area contributed by atoms with E-state index >= 15 is 0 Å². The Bertz CT molecular complexity index is 81.3. The zero-order chi connectivity index (χ0) is 11.2. The van der Waals surface area contributed by atoms with Crippen molar-refractivity contribution in [2.75, 3.05) is 39.6 Å². The van der Waals surface area contributed by atoms with Crippen LogP contribution in [-0.4, -0.2) is 61.1 Å². The van der Waals surface area contributed by atoms with Gasteiger partial charge in [0.15, 0.2) is 0 Å². The van der Waals surface area contributed by atoms with Crippen molar-refractivity contribution in [3.63, 3.8) is 0 Å². The Morgan fingerprint density at radius 1 is 1.14 bits per heavy atom. The summed E-state index contributed by atoms with van der Waals surface area (Å²) in [6.07, 6.45) is -0.560. The van der Waals surface area contributed by atoms with Crippen LogP contribution in [0.1, 0.15) is 6.92 Å². The minimum Gasteiger partial charge on any atom is -0.394 e. The SMILES string of the molecule is CC(O)CO.[CH2]COCCOCCO. The maximum absolute atomic E-state index is 8.24. The molecule has 0 fully saturated rings. The third-order valence-electron chi connectivity index (χ3n) is 1.02. The second-order valence-corrected chi connectivity index (χ2v) is 2.48. The zero-order valence-electron chi connectivity index (χ0n) is 8.69. The van der Waals surface area contributed by atoms with Crippen molar-refractivity contribution < 1.29 is 24.8 Å². The molecule has 1 atom stereocenters. The molecule has 0 spiro atoms. The quantitative estimate of drug-likeness (QED) is 0.479. The van der Waals surface area contributed by atoms with Crippen LogP contribution >= 0.6 is 0 Å². The van der Waals surface area contributed by atoms with Crippen LogP contribution < -0.4 is 0 Å². The van der Waals surface area contributed by atoms with Gasteiger partial charge < -0.3 is 24.8 Å². The Hall–Kier alpha value is -0.200. The molecule has 87 valence electrons. The summed E-state index contributed by atoms with van der Waals surface area (Å²) in [5, 5.41) is 24.2. The van der Waals surface area contributed by atoms with Gasteiger partial charge in [0.05, 0.1) is 39.1 Å². The van der Waals surface area contributed by atoms with Gasteiger partial charge in [-0.25, -0.2) is 0 Å². The second kappa shape index (κ2) is 15.3. The Labute approximate surface area is 85.3 Å². The summed E-state index contributed by atoms with van der Waals surface area (Å²) in [5.41, 5.74) is 0. The van der Waals surface area contributed by atoms with E-state index in [1.165, 1.54) is 6.92 Å². The molecule has 0 rings (SSSR count). The second-order valence-electron chi connectivity index (χ2n) is 2.48. The maximum Gasteiger partial charge on any atom is 0.0742 e. The van der Waals surface area contributed by atoms with Crippen molar-refractivity contribution in [3.8, 4) is 0 Å². The van der Waals surface area contributed by atoms with Crippen molar-refractivity contribution in [2.45, 2.75) is 13.0 Å². The molecule has 5 heteroatoms. The Morgan fingerprint density at radius 2 is 1.64 bits per heavy atom.